The van der Waals surface area contributed by atoms with E-state index < -0.39 is 21.8 Å². The number of alkyl halides is 3. The van der Waals surface area contributed by atoms with Crippen LogP contribution >= 0.6 is 0 Å². The zero-order valence-corrected chi connectivity index (χ0v) is 18.8. The average Bonchev–Trinajstić information content (AvgIpc) is 2.97. The van der Waals surface area contributed by atoms with Gasteiger partial charge in [0, 0.05) is 37.8 Å². The number of pyridine rings is 1. The molecule has 0 aliphatic carbocycles. The fourth-order valence-electron chi connectivity index (χ4n) is 4.49. The van der Waals surface area contributed by atoms with E-state index in [1.807, 2.05) is 17.0 Å². The van der Waals surface area contributed by atoms with Gasteiger partial charge in [0.15, 0.2) is 0 Å². The van der Waals surface area contributed by atoms with E-state index in [1.54, 1.807) is 29.2 Å². The van der Waals surface area contributed by atoms with Crippen molar-refractivity contribution in [3.05, 3.63) is 60.3 Å². The van der Waals surface area contributed by atoms with E-state index in [0.717, 1.165) is 22.0 Å². The van der Waals surface area contributed by atoms with Crippen LogP contribution in [0, 0.1) is 0 Å². The van der Waals surface area contributed by atoms with Crippen molar-refractivity contribution >= 4 is 38.2 Å². The molecule has 0 atom stereocenters. The summed E-state index contributed by atoms with van der Waals surface area (Å²) in [5.41, 5.74) is -0.322. The van der Waals surface area contributed by atoms with Gasteiger partial charge in [-0.05, 0) is 36.1 Å². The lowest BCUT2D eigenvalue weighted by molar-refractivity contribution is -0.137. The number of sulfonamides is 1. The predicted octanol–water partition coefficient (Wildman–Crippen LogP) is 3.50. The molecule has 3 heterocycles. The van der Waals surface area contributed by atoms with Crippen LogP contribution in [0.4, 0.5) is 24.7 Å². The number of hydrogen-bond donors (Lipinski definition) is 0. The van der Waals surface area contributed by atoms with Gasteiger partial charge in [-0.15, -0.1) is 0 Å². The summed E-state index contributed by atoms with van der Waals surface area (Å²) in [4.78, 5) is 20.7. The van der Waals surface area contributed by atoms with E-state index >= 15 is 0 Å². The number of carbonyl (C=O) groups is 1. The second kappa shape index (κ2) is 8.15. The van der Waals surface area contributed by atoms with Crippen LogP contribution in [-0.2, 0) is 21.0 Å². The second-order valence-corrected chi connectivity index (χ2v) is 10.1. The Balaban J connectivity index is 1.30. The Hall–Kier alpha value is -3.34. The first-order valence-corrected chi connectivity index (χ1v) is 12.2. The maximum atomic E-state index is 13.1. The Labute approximate surface area is 194 Å². The molecule has 2 aliphatic rings. The van der Waals surface area contributed by atoms with Crippen molar-refractivity contribution in [2.45, 2.75) is 17.5 Å². The molecule has 0 saturated carbocycles. The summed E-state index contributed by atoms with van der Waals surface area (Å²) in [5, 5.41) is 1.41. The lowest BCUT2D eigenvalue weighted by Gasteiger charge is -2.25. The van der Waals surface area contributed by atoms with Crippen LogP contribution in [0.1, 0.15) is 12.0 Å². The van der Waals surface area contributed by atoms with Gasteiger partial charge in [-0.1, -0.05) is 24.3 Å². The van der Waals surface area contributed by atoms with E-state index in [4.69, 9.17) is 0 Å². The molecule has 3 aromatic rings. The van der Waals surface area contributed by atoms with Gasteiger partial charge in [-0.3, -0.25) is 9.10 Å². The highest BCUT2D eigenvalue weighted by atomic mass is 32.2. The summed E-state index contributed by atoms with van der Waals surface area (Å²) in [6.07, 6.45) is -3.07. The number of rotatable bonds is 3. The third-order valence-electron chi connectivity index (χ3n) is 6.21. The maximum absolute atomic E-state index is 13.1. The summed E-state index contributed by atoms with van der Waals surface area (Å²) < 4.78 is 65.9. The lowest BCUT2D eigenvalue weighted by Crippen LogP contribution is -2.43. The molecule has 1 amide bonds. The number of nitrogens with zero attached hydrogens (tertiary/aromatic N) is 4. The van der Waals surface area contributed by atoms with Crippen LogP contribution < -0.4 is 9.21 Å². The molecule has 11 heteroatoms. The summed E-state index contributed by atoms with van der Waals surface area (Å²) in [6.45, 7) is 1.32. The molecule has 5 rings (SSSR count). The zero-order valence-electron chi connectivity index (χ0n) is 18.0. The van der Waals surface area contributed by atoms with Gasteiger partial charge < -0.3 is 9.80 Å². The molecular formula is C23H21F3N4O3S. The van der Waals surface area contributed by atoms with Crippen LogP contribution in [0.3, 0.4) is 0 Å². The van der Waals surface area contributed by atoms with Crippen molar-refractivity contribution < 1.29 is 26.4 Å². The first-order chi connectivity index (χ1) is 16.2. The molecule has 0 spiro atoms. The summed E-state index contributed by atoms with van der Waals surface area (Å²) >= 11 is 0. The molecule has 0 unspecified atom stereocenters. The van der Waals surface area contributed by atoms with E-state index in [1.165, 1.54) is 6.07 Å². The fourth-order valence-corrected chi connectivity index (χ4v) is 6.15. The second-order valence-electron chi connectivity index (χ2n) is 8.27. The summed E-state index contributed by atoms with van der Waals surface area (Å²) in [7, 11) is -3.84. The van der Waals surface area contributed by atoms with Crippen molar-refractivity contribution in [1.29, 1.82) is 0 Å². The quantitative estimate of drug-likeness (QED) is 0.562. The smallest absolute Gasteiger partial charge is 0.355 e. The van der Waals surface area contributed by atoms with Crippen LogP contribution in [-0.4, -0.2) is 56.9 Å². The highest BCUT2D eigenvalue weighted by Gasteiger charge is 2.37. The Morgan fingerprint density at radius 3 is 2.44 bits per heavy atom. The van der Waals surface area contributed by atoms with Crippen LogP contribution in [0.5, 0.6) is 0 Å². The highest BCUT2D eigenvalue weighted by Crippen LogP contribution is 2.41. The van der Waals surface area contributed by atoms with Gasteiger partial charge in [0.1, 0.15) is 12.4 Å². The SMILES string of the molecule is O=C(CN1c2cccc3cccc(c23)S1(=O)=O)N1CCCN(c2ccc(C(F)(F)F)cn2)CC1. The maximum Gasteiger partial charge on any atom is 0.417 e. The van der Waals surface area contributed by atoms with Gasteiger partial charge in [0.25, 0.3) is 10.0 Å². The molecule has 0 bridgehead atoms. The van der Waals surface area contributed by atoms with Crippen molar-refractivity contribution in [3.8, 4) is 0 Å². The Kier molecular flexibility index (Phi) is 5.38. The molecule has 1 saturated heterocycles. The minimum Gasteiger partial charge on any atom is -0.355 e. The Morgan fingerprint density at radius 1 is 0.971 bits per heavy atom. The molecule has 34 heavy (non-hydrogen) atoms. The molecule has 2 aromatic carbocycles. The normalized spacial score (nSPS) is 17.8. The minimum atomic E-state index is -4.45. The van der Waals surface area contributed by atoms with Gasteiger partial charge >= 0.3 is 6.18 Å². The van der Waals surface area contributed by atoms with Gasteiger partial charge in [-0.25, -0.2) is 13.4 Å². The van der Waals surface area contributed by atoms with Gasteiger partial charge in [0.2, 0.25) is 5.91 Å². The predicted molar refractivity (Wildman–Crippen MR) is 121 cm³/mol. The number of anilines is 2. The average molecular weight is 491 g/mol. The lowest BCUT2D eigenvalue weighted by atomic mass is 10.1. The first-order valence-electron chi connectivity index (χ1n) is 10.8. The number of hydrogen-bond acceptors (Lipinski definition) is 5. The molecule has 0 radical (unpaired) electrons. The van der Waals surface area contributed by atoms with E-state index in [0.29, 0.717) is 49.5 Å². The molecule has 1 fully saturated rings. The van der Waals surface area contributed by atoms with E-state index in [-0.39, 0.29) is 17.3 Å². The van der Waals surface area contributed by atoms with Crippen LogP contribution in [0.2, 0.25) is 0 Å². The van der Waals surface area contributed by atoms with Gasteiger partial charge in [0.05, 0.1) is 16.1 Å². The topological polar surface area (TPSA) is 73.8 Å². The largest absolute Gasteiger partial charge is 0.417 e. The zero-order chi connectivity index (χ0) is 24.1. The number of halogens is 3. The Bertz CT molecular complexity index is 1350. The van der Waals surface area contributed by atoms with Crippen molar-refractivity contribution in [3.63, 3.8) is 0 Å². The minimum absolute atomic E-state index is 0.198. The van der Waals surface area contributed by atoms with Crippen LogP contribution in [0.15, 0.2) is 59.6 Å². The Morgan fingerprint density at radius 2 is 1.74 bits per heavy atom. The highest BCUT2D eigenvalue weighted by molar-refractivity contribution is 7.93. The fraction of sp³-hybridized carbons (Fsp3) is 0.304. The number of amides is 1. The molecule has 178 valence electrons. The number of carbonyl (C=O) groups excluding carboxylic acids is 1. The molecular weight excluding hydrogens is 469 g/mol. The van der Waals surface area contributed by atoms with E-state index in [2.05, 4.69) is 4.98 Å². The van der Waals surface area contributed by atoms with E-state index in [9.17, 15) is 26.4 Å². The van der Waals surface area contributed by atoms with Crippen LogP contribution in [0.25, 0.3) is 10.8 Å². The third-order valence-corrected chi connectivity index (χ3v) is 8.01. The van der Waals surface area contributed by atoms with Crippen molar-refractivity contribution in [2.75, 3.05) is 41.9 Å². The molecule has 0 N–H and O–H groups in total. The number of benzene rings is 2. The molecule has 1 aromatic heterocycles. The summed E-state index contributed by atoms with van der Waals surface area (Å²) in [6, 6.07) is 12.7. The van der Waals surface area contributed by atoms with Crippen molar-refractivity contribution in [1.82, 2.24) is 9.88 Å². The first kappa shape index (κ1) is 22.5. The third kappa shape index (κ3) is 3.83. The van der Waals surface area contributed by atoms with Crippen molar-refractivity contribution in [2.24, 2.45) is 0 Å². The summed E-state index contributed by atoms with van der Waals surface area (Å²) in [5.74, 6) is 0.0853. The van der Waals surface area contributed by atoms with Gasteiger partial charge in [-0.2, -0.15) is 13.2 Å². The molecule has 7 nitrogen and oxygen atoms in total. The monoisotopic (exact) mass is 490 g/mol. The molecule has 2 aliphatic heterocycles. The number of aromatic nitrogens is 1. The standard InChI is InChI=1S/C23H21F3N4O3S/c24-23(25,26)17-8-9-20(27-14-17)28-10-3-11-29(13-12-28)21(31)15-30-18-6-1-4-16-5-2-7-19(22(16)18)34(30,32)33/h1-2,4-9,14H,3,10-13,15H2.